The molecule has 0 aromatic heterocycles. The van der Waals surface area contributed by atoms with Gasteiger partial charge in [-0.3, -0.25) is 4.79 Å². The molecule has 2 heterocycles. The molecule has 0 aromatic rings. The van der Waals surface area contributed by atoms with E-state index >= 15 is 0 Å². The average Bonchev–Trinajstić information content (AvgIpc) is 3.23. The van der Waals surface area contributed by atoms with Crippen LogP contribution in [-0.2, 0) is 4.79 Å². The van der Waals surface area contributed by atoms with Gasteiger partial charge in [-0.05, 0) is 51.1 Å². The fourth-order valence-electron chi connectivity index (χ4n) is 3.81. The average molecular weight is 295 g/mol. The molecule has 5 heteroatoms. The maximum absolute atomic E-state index is 12.0. The zero-order valence-electron chi connectivity index (χ0n) is 13.2. The number of hydrogen-bond donors (Lipinski definition) is 2. The maximum atomic E-state index is 12.0. The summed E-state index contributed by atoms with van der Waals surface area (Å²) in [5.74, 6) is 0.280. The van der Waals surface area contributed by atoms with Crippen LogP contribution in [0.5, 0.6) is 0 Å². The van der Waals surface area contributed by atoms with Crippen molar-refractivity contribution in [2.45, 2.75) is 51.2 Å². The van der Waals surface area contributed by atoms with Gasteiger partial charge in [0.2, 0.25) is 5.91 Å². The van der Waals surface area contributed by atoms with Crippen LogP contribution in [0.25, 0.3) is 0 Å². The van der Waals surface area contributed by atoms with Gasteiger partial charge in [0.1, 0.15) is 0 Å². The second-order valence-electron chi connectivity index (χ2n) is 7.23. The number of nitrogens with one attached hydrogen (secondary N) is 1. The van der Waals surface area contributed by atoms with Crippen LogP contribution >= 0.6 is 0 Å². The highest BCUT2D eigenvalue weighted by atomic mass is 16.3. The molecule has 2 unspecified atom stereocenters. The van der Waals surface area contributed by atoms with Gasteiger partial charge in [-0.25, -0.2) is 0 Å². The van der Waals surface area contributed by atoms with E-state index in [0.717, 1.165) is 52.1 Å². The normalized spacial score (nSPS) is 33.2. The number of piperidine rings is 1. The van der Waals surface area contributed by atoms with Gasteiger partial charge in [0.25, 0.3) is 0 Å². The van der Waals surface area contributed by atoms with E-state index in [1.54, 1.807) is 0 Å². The van der Waals surface area contributed by atoms with Gasteiger partial charge in [0.05, 0.1) is 6.10 Å². The molecule has 2 atom stereocenters. The molecule has 3 aliphatic rings. The Hall–Kier alpha value is -0.650. The monoisotopic (exact) mass is 295 g/mol. The van der Waals surface area contributed by atoms with Gasteiger partial charge in [0.15, 0.2) is 0 Å². The highest BCUT2D eigenvalue weighted by Crippen LogP contribution is 2.53. The molecule has 1 saturated carbocycles. The first kappa shape index (κ1) is 15.3. The largest absolute Gasteiger partial charge is 0.391 e. The molecular weight excluding hydrogens is 266 g/mol. The van der Waals surface area contributed by atoms with Gasteiger partial charge < -0.3 is 20.2 Å². The van der Waals surface area contributed by atoms with Gasteiger partial charge >= 0.3 is 0 Å². The van der Waals surface area contributed by atoms with E-state index in [0.29, 0.717) is 17.9 Å². The predicted molar refractivity (Wildman–Crippen MR) is 82.0 cm³/mol. The minimum absolute atomic E-state index is 0.129. The third kappa shape index (κ3) is 3.58. The van der Waals surface area contributed by atoms with Crippen LogP contribution in [0.4, 0.5) is 0 Å². The lowest BCUT2D eigenvalue weighted by Gasteiger charge is -2.36. The fourth-order valence-corrected chi connectivity index (χ4v) is 3.81. The van der Waals surface area contributed by atoms with Crippen molar-refractivity contribution in [3.63, 3.8) is 0 Å². The van der Waals surface area contributed by atoms with Gasteiger partial charge in [-0.1, -0.05) is 0 Å². The van der Waals surface area contributed by atoms with E-state index in [-0.39, 0.29) is 12.0 Å². The molecule has 120 valence electrons. The third-order valence-corrected chi connectivity index (χ3v) is 5.54. The number of rotatable bonds is 4. The maximum Gasteiger partial charge on any atom is 0.223 e. The number of carbonyl (C=O) groups excluding carboxylic acids is 1. The number of carbonyl (C=O) groups is 1. The summed E-state index contributed by atoms with van der Waals surface area (Å²) < 4.78 is 0. The molecular formula is C16H29N3O2. The summed E-state index contributed by atoms with van der Waals surface area (Å²) in [6.07, 6.45) is 5.09. The van der Waals surface area contributed by atoms with Crippen LogP contribution in [0.15, 0.2) is 0 Å². The number of likely N-dealkylation sites (tertiary alicyclic amines) is 1. The first-order valence-electron chi connectivity index (χ1n) is 8.51. The topological polar surface area (TPSA) is 55.8 Å². The number of β-amino-alcohol motifs (C(OH)–C–C–N with tert-alkyl or cyclic N) is 1. The molecule has 5 nitrogen and oxygen atoms in total. The van der Waals surface area contributed by atoms with Crippen molar-refractivity contribution in [3.8, 4) is 0 Å². The summed E-state index contributed by atoms with van der Waals surface area (Å²) in [6, 6.07) is 0.392. The summed E-state index contributed by atoms with van der Waals surface area (Å²) in [4.78, 5) is 16.4. The van der Waals surface area contributed by atoms with Crippen molar-refractivity contribution in [3.05, 3.63) is 0 Å². The molecule has 1 aliphatic carbocycles. The standard InChI is InChI=1S/C16H29N3O2/c1-13-11-19(15(21)3-7-17-13)9-2-8-18-10-6-16(4-5-16)14(20)12-18/h13-14,17,20H,2-12H2,1H3. The Kier molecular flexibility index (Phi) is 4.52. The summed E-state index contributed by atoms with van der Waals surface area (Å²) >= 11 is 0. The highest BCUT2D eigenvalue weighted by Gasteiger charge is 2.50. The number of aliphatic hydroxyl groups is 1. The molecule has 0 radical (unpaired) electrons. The van der Waals surface area contributed by atoms with Gasteiger partial charge in [-0.15, -0.1) is 0 Å². The lowest BCUT2D eigenvalue weighted by Crippen LogP contribution is -2.46. The van der Waals surface area contributed by atoms with E-state index in [9.17, 15) is 9.90 Å². The molecule has 2 aliphatic heterocycles. The second-order valence-corrected chi connectivity index (χ2v) is 7.23. The van der Waals surface area contributed by atoms with Crippen molar-refractivity contribution < 1.29 is 9.90 Å². The van der Waals surface area contributed by atoms with Crippen molar-refractivity contribution in [2.24, 2.45) is 5.41 Å². The lowest BCUT2D eigenvalue weighted by molar-refractivity contribution is -0.130. The molecule has 2 saturated heterocycles. The zero-order chi connectivity index (χ0) is 14.9. The quantitative estimate of drug-likeness (QED) is 0.790. The number of aliphatic hydroxyl groups excluding tert-OH is 1. The molecule has 3 fully saturated rings. The van der Waals surface area contributed by atoms with Gasteiger partial charge in [0, 0.05) is 38.6 Å². The summed E-state index contributed by atoms with van der Waals surface area (Å²) in [5, 5.41) is 13.6. The van der Waals surface area contributed by atoms with Crippen molar-refractivity contribution in [2.75, 3.05) is 39.3 Å². The Morgan fingerprint density at radius 3 is 2.81 bits per heavy atom. The smallest absolute Gasteiger partial charge is 0.223 e. The Labute approximate surface area is 127 Å². The van der Waals surface area contributed by atoms with E-state index in [2.05, 4.69) is 17.1 Å². The number of hydrogen-bond acceptors (Lipinski definition) is 4. The van der Waals surface area contributed by atoms with Crippen molar-refractivity contribution in [1.82, 2.24) is 15.1 Å². The number of amides is 1. The molecule has 0 bridgehead atoms. The first-order chi connectivity index (χ1) is 10.1. The van der Waals surface area contributed by atoms with Crippen LogP contribution < -0.4 is 5.32 Å². The van der Waals surface area contributed by atoms with Crippen LogP contribution in [0.3, 0.4) is 0 Å². The van der Waals surface area contributed by atoms with Gasteiger partial charge in [-0.2, -0.15) is 0 Å². The Morgan fingerprint density at radius 2 is 2.10 bits per heavy atom. The minimum Gasteiger partial charge on any atom is -0.391 e. The first-order valence-corrected chi connectivity index (χ1v) is 8.51. The van der Waals surface area contributed by atoms with Crippen molar-refractivity contribution in [1.29, 1.82) is 0 Å². The van der Waals surface area contributed by atoms with Crippen LogP contribution in [0.1, 0.15) is 39.0 Å². The third-order valence-electron chi connectivity index (χ3n) is 5.54. The Morgan fingerprint density at radius 1 is 1.29 bits per heavy atom. The van der Waals surface area contributed by atoms with E-state index < -0.39 is 0 Å². The summed E-state index contributed by atoms with van der Waals surface area (Å²) in [5.41, 5.74) is 0.290. The van der Waals surface area contributed by atoms with Crippen molar-refractivity contribution >= 4 is 5.91 Å². The molecule has 2 N–H and O–H groups in total. The van der Waals surface area contributed by atoms with Crippen LogP contribution in [0, 0.1) is 5.41 Å². The number of nitrogens with zero attached hydrogens (tertiary/aromatic N) is 2. The summed E-state index contributed by atoms with van der Waals surface area (Å²) in [7, 11) is 0. The van der Waals surface area contributed by atoms with E-state index in [1.165, 1.54) is 12.8 Å². The predicted octanol–water partition coefficient (Wildman–Crippen LogP) is 0.434. The highest BCUT2D eigenvalue weighted by molar-refractivity contribution is 5.76. The molecule has 0 aromatic carbocycles. The SMILES string of the molecule is CC1CN(CCCN2CCC3(CC3)C(O)C2)C(=O)CCN1. The van der Waals surface area contributed by atoms with E-state index in [4.69, 9.17) is 0 Å². The fraction of sp³-hybridized carbons (Fsp3) is 0.938. The zero-order valence-corrected chi connectivity index (χ0v) is 13.2. The van der Waals surface area contributed by atoms with E-state index in [1.807, 2.05) is 4.90 Å². The second kappa shape index (κ2) is 6.23. The minimum atomic E-state index is -0.129. The molecule has 21 heavy (non-hydrogen) atoms. The van der Waals surface area contributed by atoms with Crippen LogP contribution in [-0.4, -0.2) is 72.2 Å². The van der Waals surface area contributed by atoms with Crippen LogP contribution in [0.2, 0.25) is 0 Å². The Balaban J connectivity index is 1.40. The lowest BCUT2D eigenvalue weighted by atomic mass is 9.90. The molecule has 1 amide bonds. The molecule has 1 spiro atoms. The molecule has 3 rings (SSSR count). The summed E-state index contributed by atoms with van der Waals surface area (Å²) in [6.45, 7) is 7.55. The Bertz CT molecular complexity index is 384.